The highest BCUT2D eigenvalue weighted by Gasteiger charge is 2.15. The molecule has 24 heavy (non-hydrogen) atoms. The molecule has 0 spiro atoms. The van der Waals surface area contributed by atoms with E-state index in [1.165, 1.54) is 11.3 Å². The number of thiazole rings is 1. The summed E-state index contributed by atoms with van der Waals surface area (Å²) in [7, 11) is 0. The number of benzene rings is 2. The third-order valence-corrected chi connectivity index (χ3v) is 4.56. The average molecular weight is 338 g/mol. The molecule has 122 valence electrons. The molecule has 1 N–H and O–H groups in total. The van der Waals surface area contributed by atoms with E-state index in [4.69, 9.17) is 4.74 Å². The largest absolute Gasteiger partial charge is 0.486 e. The van der Waals surface area contributed by atoms with Gasteiger partial charge in [0.1, 0.15) is 22.2 Å². The summed E-state index contributed by atoms with van der Waals surface area (Å²) in [6.07, 6.45) is 0. The Hall–Kier alpha value is -2.66. The van der Waals surface area contributed by atoms with E-state index in [1.807, 2.05) is 68.4 Å². The number of hydrogen-bond donors (Lipinski definition) is 1. The molecule has 0 aliphatic heterocycles. The zero-order valence-corrected chi connectivity index (χ0v) is 14.4. The Morgan fingerprint density at radius 1 is 1.12 bits per heavy atom. The van der Waals surface area contributed by atoms with E-state index < -0.39 is 0 Å². The van der Waals surface area contributed by atoms with Crippen LogP contribution in [0.5, 0.6) is 5.75 Å². The lowest BCUT2D eigenvalue weighted by Gasteiger charge is -2.04. The zero-order chi connectivity index (χ0) is 16.9. The second-order valence-electron chi connectivity index (χ2n) is 5.45. The molecule has 3 aromatic rings. The SMILES string of the molecule is Cc1cccc(OCc2nc(C)c(C(=O)Nc3ccccc3)s2)c1. The van der Waals surface area contributed by atoms with Crippen molar-refractivity contribution in [2.24, 2.45) is 0 Å². The number of aryl methyl sites for hydroxylation is 2. The number of nitrogens with one attached hydrogen (secondary N) is 1. The van der Waals surface area contributed by atoms with Crippen LogP contribution >= 0.6 is 11.3 Å². The Balaban J connectivity index is 1.67. The lowest BCUT2D eigenvalue weighted by atomic mass is 10.2. The van der Waals surface area contributed by atoms with Gasteiger partial charge < -0.3 is 10.1 Å². The number of aromatic nitrogens is 1. The molecule has 0 bridgehead atoms. The van der Waals surface area contributed by atoms with Gasteiger partial charge in [-0.25, -0.2) is 4.98 Å². The van der Waals surface area contributed by atoms with Crippen molar-refractivity contribution in [1.82, 2.24) is 4.98 Å². The lowest BCUT2D eigenvalue weighted by molar-refractivity contribution is 0.103. The Labute approximate surface area is 145 Å². The van der Waals surface area contributed by atoms with E-state index in [-0.39, 0.29) is 5.91 Å². The number of carbonyl (C=O) groups is 1. The highest BCUT2D eigenvalue weighted by molar-refractivity contribution is 7.13. The molecule has 1 heterocycles. The minimum atomic E-state index is -0.141. The molecule has 0 saturated heterocycles. The van der Waals surface area contributed by atoms with Crippen molar-refractivity contribution < 1.29 is 9.53 Å². The number of hydrogen-bond acceptors (Lipinski definition) is 4. The molecule has 0 aliphatic carbocycles. The molecule has 0 fully saturated rings. The van der Waals surface area contributed by atoms with Crippen molar-refractivity contribution in [3.8, 4) is 5.75 Å². The highest BCUT2D eigenvalue weighted by atomic mass is 32.1. The summed E-state index contributed by atoms with van der Waals surface area (Å²) in [5.74, 6) is 0.663. The maximum absolute atomic E-state index is 12.4. The normalized spacial score (nSPS) is 10.4. The van der Waals surface area contributed by atoms with Crippen molar-refractivity contribution >= 4 is 22.9 Å². The number of anilines is 1. The van der Waals surface area contributed by atoms with Gasteiger partial charge in [0.25, 0.3) is 5.91 Å². The number of rotatable bonds is 5. The molecule has 3 rings (SSSR count). The van der Waals surface area contributed by atoms with Crippen molar-refractivity contribution in [2.45, 2.75) is 20.5 Å². The van der Waals surface area contributed by atoms with E-state index >= 15 is 0 Å². The van der Waals surface area contributed by atoms with Crippen molar-refractivity contribution in [3.05, 3.63) is 75.7 Å². The van der Waals surface area contributed by atoms with Gasteiger partial charge in [0.2, 0.25) is 0 Å². The monoisotopic (exact) mass is 338 g/mol. The van der Waals surface area contributed by atoms with Gasteiger partial charge in [-0.1, -0.05) is 30.3 Å². The quantitative estimate of drug-likeness (QED) is 0.740. The van der Waals surface area contributed by atoms with E-state index in [9.17, 15) is 4.79 Å². The zero-order valence-electron chi connectivity index (χ0n) is 13.6. The van der Waals surface area contributed by atoms with Gasteiger partial charge >= 0.3 is 0 Å². The van der Waals surface area contributed by atoms with Crippen LogP contribution in [0, 0.1) is 13.8 Å². The van der Waals surface area contributed by atoms with Crippen LogP contribution in [0.1, 0.15) is 25.9 Å². The first-order valence-electron chi connectivity index (χ1n) is 7.64. The van der Waals surface area contributed by atoms with Crippen molar-refractivity contribution in [1.29, 1.82) is 0 Å². The Morgan fingerprint density at radius 3 is 2.67 bits per heavy atom. The molecule has 0 saturated carbocycles. The summed E-state index contributed by atoms with van der Waals surface area (Å²) in [5.41, 5.74) is 2.63. The molecule has 0 aliphatic rings. The number of para-hydroxylation sites is 1. The van der Waals surface area contributed by atoms with Gasteiger partial charge in [0.15, 0.2) is 0 Å². The minimum absolute atomic E-state index is 0.141. The second kappa shape index (κ2) is 7.27. The Kier molecular flexibility index (Phi) is 4.91. The maximum Gasteiger partial charge on any atom is 0.267 e. The van der Waals surface area contributed by atoms with Crippen molar-refractivity contribution in [3.63, 3.8) is 0 Å². The smallest absolute Gasteiger partial charge is 0.267 e. The predicted octanol–water partition coefficient (Wildman–Crippen LogP) is 4.59. The predicted molar refractivity (Wildman–Crippen MR) is 96.8 cm³/mol. The van der Waals surface area contributed by atoms with Gasteiger partial charge in [-0.05, 0) is 43.7 Å². The molecule has 2 aromatic carbocycles. The molecule has 1 amide bonds. The number of ether oxygens (including phenoxy) is 1. The average Bonchev–Trinajstić information content (AvgIpc) is 2.95. The summed E-state index contributed by atoms with van der Waals surface area (Å²) in [6, 6.07) is 17.3. The van der Waals surface area contributed by atoms with Gasteiger partial charge in [0, 0.05) is 5.69 Å². The van der Waals surface area contributed by atoms with Crippen LogP contribution in [-0.4, -0.2) is 10.9 Å². The number of amides is 1. The van der Waals surface area contributed by atoms with E-state index in [2.05, 4.69) is 10.3 Å². The number of carbonyl (C=O) groups excluding carboxylic acids is 1. The standard InChI is InChI=1S/C19H18N2O2S/c1-13-7-6-10-16(11-13)23-12-17-20-14(2)18(24-17)19(22)21-15-8-4-3-5-9-15/h3-11H,12H2,1-2H3,(H,21,22). The van der Waals surface area contributed by atoms with Crippen LogP contribution in [0.3, 0.4) is 0 Å². The Bertz CT molecular complexity index is 844. The highest BCUT2D eigenvalue weighted by Crippen LogP contribution is 2.22. The van der Waals surface area contributed by atoms with Crippen LogP contribution in [0.2, 0.25) is 0 Å². The molecular formula is C19H18N2O2S. The van der Waals surface area contributed by atoms with E-state index in [0.717, 1.165) is 27.7 Å². The number of nitrogens with zero attached hydrogens (tertiary/aromatic N) is 1. The molecule has 0 radical (unpaired) electrons. The van der Waals surface area contributed by atoms with E-state index in [1.54, 1.807) is 0 Å². The van der Waals surface area contributed by atoms with Gasteiger partial charge in [-0.15, -0.1) is 11.3 Å². The molecule has 0 unspecified atom stereocenters. The van der Waals surface area contributed by atoms with Crippen LogP contribution in [-0.2, 0) is 6.61 Å². The van der Waals surface area contributed by atoms with E-state index in [0.29, 0.717) is 11.5 Å². The summed E-state index contributed by atoms with van der Waals surface area (Å²) in [4.78, 5) is 17.4. The van der Waals surface area contributed by atoms with Crippen LogP contribution in [0.25, 0.3) is 0 Å². The van der Waals surface area contributed by atoms with Crippen molar-refractivity contribution in [2.75, 3.05) is 5.32 Å². The van der Waals surface area contributed by atoms with Crippen LogP contribution in [0.4, 0.5) is 5.69 Å². The molecule has 5 heteroatoms. The molecule has 1 aromatic heterocycles. The molecule has 4 nitrogen and oxygen atoms in total. The third-order valence-electron chi connectivity index (χ3n) is 3.43. The lowest BCUT2D eigenvalue weighted by Crippen LogP contribution is -2.11. The van der Waals surface area contributed by atoms with Gasteiger partial charge in [-0.3, -0.25) is 4.79 Å². The molecule has 0 atom stereocenters. The first-order valence-corrected chi connectivity index (χ1v) is 8.45. The first kappa shape index (κ1) is 16.2. The maximum atomic E-state index is 12.4. The van der Waals surface area contributed by atoms with Gasteiger partial charge in [0.05, 0.1) is 5.69 Å². The van der Waals surface area contributed by atoms with Crippen LogP contribution in [0.15, 0.2) is 54.6 Å². The fraction of sp³-hybridized carbons (Fsp3) is 0.158. The fourth-order valence-corrected chi connectivity index (χ4v) is 3.16. The first-order chi connectivity index (χ1) is 11.6. The topological polar surface area (TPSA) is 51.2 Å². The third kappa shape index (κ3) is 4.00. The van der Waals surface area contributed by atoms with Crippen LogP contribution < -0.4 is 10.1 Å². The summed E-state index contributed by atoms with van der Waals surface area (Å²) in [5, 5.41) is 3.67. The summed E-state index contributed by atoms with van der Waals surface area (Å²) < 4.78 is 5.76. The summed E-state index contributed by atoms with van der Waals surface area (Å²) >= 11 is 1.36. The molecular weight excluding hydrogens is 320 g/mol. The fourth-order valence-electron chi connectivity index (χ4n) is 2.28. The summed E-state index contributed by atoms with van der Waals surface area (Å²) in [6.45, 7) is 4.21. The minimum Gasteiger partial charge on any atom is -0.486 e. The second-order valence-corrected chi connectivity index (χ2v) is 6.53. The van der Waals surface area contributed by atoms with Gasteiger partial charge in [-0.2, -0.15) is 0 Å². The Morgan fingerprint density at radius 2 is 1.92 bits per heavy atom.